The monoisotopic (exact) mass is 210 g/mol. The first-order chi connectivity index (χ1) is 5.93. The summed E-state index contributed by atoms with van der Waals surface area (Å²) >= 11 is -2.61. The maximum atomic E-state index is 12.2. The molecule has 0 fully saturated rings. The average Bonchev–Trinajstić information content (AvgIpc) is 2.03. The van der Waals surface area contributed by atoms with Crippen molar-refractivity contribution in [3.8, 4) is 0 Å². The third kappa shape index (κ3) is 2.28. The van der Waals surface area contributed by atoms with Crippen LogP contribution in [0.3, 0.4) is 0 Å². The van der Waals surface area contributed by atoms with E-state index in [1.165, 1.54) is 12.1 Å². The topological polar surface area (TPSA) is 37.3 Å². The number of hydrogen-bond donors (Lipinski definition) is 1. The number of rotatable bonds is 1. The first-order valence-corrected chi connectivity index (χ1v) is 4.30. The van der Waals surface area contributed by atoms with Gasteiger partial charge in [-0.1, -0.05) is 12.1 Å². The molecule has 1 aromatic carbocycles. The molecule has 0 spiro atoms. The highest BCUT2D eigenvalue weighted by atomic mass is 32.2. The summed E-state index contributed by atoms with van der Waals surface area (Å²) in [6.07, 6.45) is -4.59. The Balaban J connectivity index is 3.28. The Morgan fingerprint density at radius 3 is 2.15 bits per heavy atom. The summed E-state index contributed by atoms with van der Waals surface area (Å²) in [4.78, 5) is -0.616. The molecule has 1 N–H and O–H groups in total. The summed E-state index contributed by atoms with van der Waals surface area (Å²) in [7, 11) is 0. The third-order valence-corrected chi connectivity index (χ3v) is 2.11. The Morgan fingerprint density at radius 2 is 1.77 bits per heavy atom. The molecule has 1 aromatic rings. The Labute approximate surface area is 74.7 Å². The molecular formula is C7H5F3O2S. The van der Waals surface area contributed by atoms with Crippen LogP contribution < -0.4 is 0 Å². The maximum absolute atomic E-state index is 12.2. The second kappa shape index (κ2) is 3.47. The van der Waals surface area contributed by atoms with Crippen molar-refractivity contribution >= 4 is 11.1 Å². The maximum Gasteiger partial charge on any atom is 0.417 e. The molecule has 0 radical (unpaired) electrons. The molecule has 0 saturated heterocycles. The van der Waals surface area contributed by atoms with Gasteiger partial charge in [-0.25, -0.2) is 4.21 Å². The van der Waals surface area contributed by atoms with Crippen molar-refractivity contribution in [2.75, 3.05) is 0 Å². The number of halogens is 3. The van der Waals surface area contributed by atoms with Gasteiger partial charge in [0, 0.05) is 0 Å². The minimum atomic E-state index is -4.59. The molecule has 2 nitrogen and oxygen atoms in total. The van der Waals surface area contributed by atoms with Crippen LogP contribution in [0, 0.1) is 0 Å². The van der Waals surface area contributed by atoms with Gasteiger partial charge in [0.25, 0.3) is 0 Å². The third-order valence-electron chi connectivity index (χ3n) is 1.38. The minimum absolute atomic E-state index is 0.616. The number of benzene rings is 1. The lowest BCUT2D eigenvalue weighted by Crippen LogP contribution is -2.09. The van der Waals surface area contributed by atoms with Crippen molar-refractivity contribution in [3.63, 3.8) is 0 Å². The fourth-order valence-corrected chi connectivity index (χ4v) is 1.42. The molecule has 0 aliphatic rings. The van der Waals surface area contributed by atoms with Gasteiger partial charge in [-0.3, -0.25) is 0 Å². The van der Waals surface area contributed by atoms with E-state index in [4.69, 9.17) is 4.55 Å². The fraction of sp³-hybridized carbons (Fsp3) is 0.143. The summed E-state index contributed by atoms with van der Waals surface area (Å²) in [5.74, 6) is 0. The van der Waals surface area contributed by atoms with E-state index in [0.29, 0.717) is 0 Å². The molecular weight excluding hydrogens is 205 g/mol. The lowest BCUT2D eigenvalue weighted by molar-refractivity contribution is -0.139. The Morgan fingerprint density at radius 1 is 1.23 bits per heavy atom. The standard InChI is InChI=1S/C7H5F3O2S/c8-7(9,10)5-3-1-2-4-6(5)13(11)12/h1-4H,(H,11,12). The van der Waals surface area contributed by atoms with Gasteiger partial charge in [-0.15, -0.1) is 0 Å². The molecule has 6 heteroatoms. The molecule has 1 unspecified atom stereocenters. The predicted octanol–water partition coefficient (Wildman–Crippen LogP) is 2.29. The fourth-order valence-electron chi connectivity index (χ4n) is 0.853. The highest BCUT2D eigenvalue weighted by Crippen LogP contribution is 2.32. The molecule has 1 atom stereocenters. The van der Waals surface area contributed by atoms with Crippen molar-refractivity contribution in [3.05, 3.63) is 29.8 Å². The van der Waals surface area contributed by atoms with Crippen LogP contribution >= 0.6 is 0 Å². The van der Waals surface area contributed by atoms with E-state index in [2.05, 4.69) is 0 Å². The summed E-state index contributed by atoms with van der Waals surface area (Å²) in [6.45, 7) is 0. The summed E-state index contributed by atoms with van der Waals surface area (Å²) < 4.78 is 55.5. The lowest BCUT2D eigenvalue weighted by atomic mass is 10.2. The van der Waals surface area contributed by atoms with Gasteiger partial charge in [-0.2, -0.15) is 13.2 Å². The van der Waals surface area contributed by atoms with Gasteiger partial charge >= 0.3 is 6.18 Å². The van der Waals surface area contributed by atoms with Crippen molar-refractivity contribution in [2.45, 2.75) is 11.1 Å². The SMILES string of the molecule is O=S(O)c1ccccc1C(F)(F)F. The molecule has 0 aromatic heterocycles. The van der Waals surface area contributed by atoms with Crippen LogP contribution in [0.1, 0.15) is 5.56 Å². The van der Waals surface area contributed by atoms with E-state index in [0.717, 1.165) is 12.1 Å². The van der Waals surface area contributed by atoms with Crippen LogP contribution in [-0.4, -0.2) is 8.76 Å². The Kier molecular flexibility index (Phi) is 2.72. The molecule has 0 bridgehead atoms. The van der Waals surface area contributed by atoms with E-state index in [1.54, 1.807) is 0 Å². The summed E-state index contributed by atoms with van der Waals surface area (Å²) in [5.41, 5.74) is -1.07. The number of alkyl halides is 3. The minimum Gasteiger partial charge on any atom is -0.302 e. The second-order valence-electron chi connectivity index (χ2n) is 2.24. The van der Waals surface area contributed by atoms with Crippen LogP contribution in [0.25, 0.3) is 0 Å². The zero-order valence-corrected chi connectivity index (χ0v) is 7.02. The van der Waals surface area contributed by atoms with Crippen LogP contribution in [-0.2, 0) is 17.3 Å². The molecule has 0 aliphatic carbocycles. The molecule has 0 amide bonds. The highest BCUT2D eigenvalue weighted by molar-refractivity contribution is 7.79. The quantitative estimate of drug-likeness (QED) is 0.722. The van der Waals surface area contributed by atoms with Gasteiger partial charge in [0.05, 0.1) is 10.5 Å². The van der Waals surface area contributed by atoms with Gasteiger partial charge in [0.15, 0.2) is 11.1 Å². The lowest BCUT2D eigenvalue weighted by Gasteiger charge is -2.08. The average molecular weight is 210 g/mol. The molecule has 0 aliphatic heterocycles. The first-order valence-electron chi connectivity index (χ1n) is 3.20. The predicted molar refractivity (Wildman–Crippen MR) is 40.5 cm³/mol. The summed E-state index contributed by atoms with van der Waals surface area (Å²) in [6, 6.07) is 4.18. The normalized spacial score (nSPS) is 14.2. The number of hydrogen-bond acceptors (Lipinski definition) is 1. The van der Waals surface area contributed by atoms with Crippen molar-refractivity contribution in [1.82, 2.24) is 0 Å². The second-order valence-corrected chi connectivity index (χ2v) is 3.18. The van der Waals surface area contributed by atoms with Gasteiger partial charge < -0.3 is 4.55 Å². The van der Waals surface area contributed by atoms with E-state index in [-0.39, 0.29) is 0 Å². The van der Waals surface area contributed by atoms with Crippen molar-refractivity contribution in [1.29, 1.82) is 0 Å². The van der Waals surface area contributed by atoms with Crippen LogP contribution in [0.5, 0.6) is 0 Å². The first kappa shape index (κ1) is 10.2. The molecule has 13 heavy (non-hydrogen) atoms. The van der Waals surface area contributed by atoms with Gasteiger partial charge in [0.2, 0.25) is 0 Å². The van der Waals surface area contributed by atoms with Crippen molar-refractivity contribution in [2.24, 2.45) is 0 Å². The van der Waals surface area contributed by atoms with Crippen LogP contribution in [0.15, 0.2) is 29.2 Å². The molecule has 0 heterocycles. The van der Waals surface area contributed by atoms with Crippen molar-refractivity contribution < 1.29 is 21.9 Å². The van der Waals surface area contributed by atoms with E-state index in [9.17, 15) is 17.4 Å². The Hall–Kier alpha value is -0.880. The highest BCUT2D eigenvalue weighted by Gasteiger charge is 2.34. The van der Waals surface area contributed by atoms with Crippen LogP contribution in [0.4, 0.5) is 13.2 Å². The zero-order valence-electron chi connectivity index (χ0n) is 6.21. The van der Waals surface area contributed by atoms with E-state index >= 15 is 0 Å². The Bertz CT molecular complexity index is 335. The zero-order chi connectivity index (χ0) is 10.1. The molecule has 72 valence electrons. The van der Waals surface area contributed by atoms with E-state index in [1.807, 2.05) is 0 Å². The van der Waals surface area contributed by atoms with Gasteiger partial charge in [0.1, 0.15) is 0 Å². The van der Waals surface area contributed by atoms with Gasteiger partial charge in [-0.05, 0) is 12.1 Å². The summed E-state index contributed by atoms with van der Waals surface area (Å²) in [5, 5.41) is 0. The van der Waals surface area contributed by atoms with E-state index < -0.39 is 27.7 Å². The molecule has 0 saturated carbocycles. The molecule has 1 rings (SSSR count). The van der Waals surface area contributed by atoms with Crippen LogP contribution in [0.2, 0.25) is 0 Å². The smallest absolute Gasteiger partial charge is 0.302 e. The largest absolute Gasteiger partial charge is 0.417 e.